The lowest BCUT2D eigenvalue weighted by Gasteiger charge is -2.06. The number of aromatic nitrogens is 2. The van der Waals surface area contributed by atoms with Gasteiger partial charge in [-0.25, -0.2) is 4.98 Å². The zero-order valence-corrected chi connectivity index (χ0v) is 17.2. The smallest absolute Gasteiger partial charge is 0.251 e. The molecule has 0 atom stereocenters. The van der Waals surface area contributed by atoms with E-state index in [4.69, 9.17) is 11.6 Å². The highest BCUT2D eigenvalue weighted by molar-refractivity contribution is 7.99. The molecule has 0 aliphatic carbocycles. The first-order valence-corrected chi connectivity index (χ1v) is 10.9. The molecule has 0 bridgehead atoms. The molecule has 1 amide bonds. The first-order valence-electron chi connectivity index (χ1n) is 8.50. The summed E-state index contributed by atoms with van der Waals surface area (Å²) < 4.78 is 0. The molecular formula is C20H18ClN3O2S2. The molecule has 0 saturated heterocycles. The highest BCUT2D eigenvalue weighted by Crippen LogP contribution is 2.21. The fourth-order valence-corrected chi connectivity index (χ4v) is 3.95. The number of aromatic amines is 1. The second kappa shape index (κ2) is 10.4. The maximum Gasteiger partial charge on any atom is 0.251 e. The number of hydrogen-bond acceptors (Lipinski definition) is 5. The second-order valence-electron chi connectivity index (χ2n) is 5.84. The number of carbonyl (C=O) groups excluding carboxylic acids is 1. The molecule has 2 aromatic carbocycles. The lowest BCUT2D eigenvalue weighted by Crippen LogP contribution is -2.24. The third-order valence-electron chi connectivity index (χ3n) is 3.65. The number of carbonyl (C=O) groups is 1. The molecule has 3 aromatic rings. The predicted octanol–water partition coefficient (Wildman–Crippen LogP) is 4.12. The molecule has 28 heavy (non-hydrogen) atoms. The van der Waals surface area contributed by atoms with Crippen molar-refractivity contribution in [1.29, 1.82) is 0 Å². The summed E-state index contributed by atoms with van der Waals surface area (Å²) in [6, 6.07) is 18.7. The lowest BCUT2D eigenvalue weighted by molar-refractivity contribution is -0.118. The Morgan fingerprint density at radius 1 is 1.07 bits per heavy atom. The molecular weight excluding hydrogens is 414 g/mol. The molecule has 5 nitrogen and oxygen atoms in total. The summed E-state index contributed by atoms with van der Waals surface area (Å²) in [4.78, 5) is 32.2. The quantitative estimate of drug-likeness (QED) is 0.414. The molecule has 0 radical (unpaired) electrons. The second-order valence-corrected chi connectivity index (χ2v) is 8.28. The maximum absolute atomic E-state index is 12.1. The van der Waals surface area contributed by atoms with Gasteiger partial charge in [-0.3, -0.25) is 9.59 Å². The summed E-state index contributed by atoms with van der Waals surface area (Å²) in [5.74, 6) is 0.627. The molecule has 0 unspecified atom stereocenters. The fourth-order valence-electron chi connectivity index (χ4n) is 2.29. The van der Waals surface area contributed by atoms with Crippen molar-refractivity contribution in [2.75, 3.05) is 5.75 Å². The van der Waals surface area contributed by atoms with Gasteiger partial charge in [-0.2, -0.15) is 0 Å². The Kier molecular flexibility index (Phi) is 7.59. The van der Waals surface area contributed by atoms with Crippen LogP contribution in [0.3, 0.4) is 0 Å². The van der Waals surface area contributed by atoms with Gasteiger partial charge in [0, 0.05) is 28.3 Å². The van der Waals surface area contributed by atoms with E-state index < -0.39 is 0 Å². The van der Waals surface area contributed by atoms with E-state index in [0.717, 1.165) is 10.5 Å². The van der Waals surface area contributed by atoms with Crippen LogP contribution < -0.4 is 10.9 Å². The van der Waals surface area contributed by atoms with E-state index in [-0.39, 0.29) is 17.2 Å². The zero-order chi connectivity index (χ0) is 19.8. The van der Waals surface area contributed by atoms with E-state index in [1.54, 1.807) is 23.9 Å². The summed E-state index contributed by atoms with van der Waals surface area (Å²) >= 11 is 8.66. The van der Waals surface area contributed by atoms with Crippen LogP contribution in [0.1, 0.15) is 11.3 Å². The van der Waals surface area contributed by atoms with Crippen molar-refractivity contribution in [2.45, 2.75) is 22.3 Å². The van der Waals surface area contributed by atoms with Crippen molar-refractivity contribution >= 4 is 41.0 Å². The van der Waals surface area contributed by atoms with E-state index >= 15 is 0 Å². The van der Waals surface area contributed by atoms with Gasteiger partial charge in [-0.15, -0.1) is 11.8 Å². The van der Waals surface area contributed by atoms with Gasteiger partial charge < -0.3 is 10.3 Å². The summed E-state index contributed by atoms with van der Waals surface area (Å²) in [6.07, 6.45) is 0. The SMILES string of the molecule is O=C(CSc1nc(CSc2ccccc2)cc(=O)[nH]1)NCc1ccc(Cl)cc1. The van der Waals surface area contributed by atoms with Crippen LogP contribution in [0.25, 0.3) is 0 Å². The summed E-state index contributed by atoms with van der Waals surface area (Å²) in [5, 5.41) is 3.94. The minimum Gasteiger partial charge on any atom is -0.351 e. The van der Waals surface area contributed by atoms with Crippen LogP contribution in [0.4, 0.5) is 0 Å². The minimum absolute atomic E-state index is 0.133. The Hall–Kier alpha value is -2.22. The first kappa shape index (κ1) is 20.5. The normalized spacial score (nSPS) is 10.6. The number of nitrogens with zero attached hydrogens (tertiary/aromatic N) is 1. The highest BCUT2D eigenvalue weighted by Gasteiger charge is 2.07. The molecule has 0 fully saturated rings. The van der Waals surface area contributed by atoms with E-state index in [2.05, 4.69) is 15.3 Å². The van der Waals surface area contributed by atoms with Crippen LogP contribution in [0, 0.1) is 0 Å². The van der Waals surface area contributed by atoms with E-state index in [9.17, 15) is 9.59 Å². The Labute approximate surface area is 176 Å². The average molecular weight is 432 g/mol. The fraction of sp³-hybridized carbons (Fsp3) is 0.150. The Balaban J connectivity index is 1.50. The number of halogens is 1. The van der Waals surface area contributed by atoms with Gasteiger partial charge in [0.2, 0.25) is 5.91 Å². The van der Waals surface area contributed by atoms with Crippen LogP contribution >= 0.6 is 35.1 Å². The molecule has 0 saturated carbocycles. The molecule has 0 aliphatic rings. The first-order chi connectivity index (χ1) is 13.6. The molecule has 3 rings (SSSR count). The number of benzene rings is 2. The average Bonchev–Trinajstić information content (AvgIpc) is 2.71. The van der Waals surface area contributed by atoms with Crippen molar-refractivity contribution in [2.24, 2.45) is 0 Å². The molecule has 1 aromatic heterocycles. The molecule has 0 aliphatic heterocycles. The molecule has 1 heterocycles. The van der Waals surface area contributed by atoms with Crippen LogP contribution in [0.2, 0.25) is 5.02 Å². The van der Waals surface area contributed by atoms with Gasteiger partial charge in [-0.05, 0) is 29.8 Å². The largest absolute Gasteiger partial charge is 0.351 e. The number of nitrogens with one attached hydrogen (secondary N) is 2. The number of amides is 1. The summed E-state index contributed by atoms with van der Waals surface area (Å²) in [7, 11) is 0. The highest BCUT2D eigenvalue weighted by atomic mass is 35.5. The van der Waals surface area contributed by atoms with Gasteiger partial charge in [0.1, 0.15) is 0 Å². The topological polar surface area (TPSA) is 74.8 Å². The molecule has 0 spiro atoms. The van der Waals surface area contributed by atoms with Crippen molar-refractivity contribution in [3.8, 4) is 0 Å². The van der Waals surface area contributed by atoms with Gasteiger partial charge in [0.05, 0.1) is 11.4 Å². The van der Waals surface area contributed by atoms with Crippen molar-refractivity contribution < 1.29 is 4.79 Å². The third-order valence-corrected chi connectivity index (χ3v) is 5.82. The van der Waals surface area contributed by atoms with Crippen LogP contribution in [-0.4, -0.2) is 21.6 Å². The van der Waals surface area contributed by atoms with Crippen molar-refractivity contribution in [3.05, 3.63) is 87.3 Å². The van der Waals surface area contributed by atoms with Gasteiger partial charge >= 0.3 is 0 Å². The van der Waals surface area contributed by atoms with E-state index in [1.165, 1.54) is 17.8 Å². The van der Waals surface area contributed by atoms with Gasteiger partial charge in [-0.1, -0.05) is 53.7 Å². The Bertz CT molecular complexity index is 979. The summed E-state index contributed by atoms with van der Waals surface area (Å²) in [6.45, 7) is 0.425. The number of thioether (sulfide) groups is 2. The third kappa shape index (κ3) is 6.74. The minimum atomic E-state index is -0.220. The molecule has 144 valence electrons. The maximum atomic E-state index is 12.1. The zero-order valence-electron chi connectivity index (χ0n) is 14.9. The number of hydrogen-bond donors (Lipinski definition) is 2. The Morgan fingerprint density at radius 3 is 2.57 bits per heavy atom. The monoisotopic (exact) mass is 431 g/mol. The van der Waals surface area contributed by atoms with Gasteiger partial charge in [0.15, 0.2) is 5.16 Å². The van der Waals surface area contributed by atoms with E-state index in [1.807, 2.05) is 42.5 Å². The Morgan fingerprint density at radius 2 is 1.82 bits per heavy atom. The molecule has 8 heteroatoms. The van der Waals surface area contributed by atoms with Crippen LogP contribution in [-0.2, 0) is 17.1 Å². The van der Waals surface area contributed by atoms with Crippen molar-refractivity contribution in [3.63, 3.8) is 0 Å². The van der Waals surface area contributed by atoms with Crippen molar-refractivity contribution in [1.82, 2.24) is 15.3 Å². The van der Waals surface area contributed by atoms with Crippen LogP contribution in [0.15, 0.2) is 75.5 Å². The standard InChI is InChI=1S/C20H18ClN3O2S2/c21-15-8-6-14(7-9-15)11-22-19(26)13-28-20-23-16(10-18(25)24-20)12-27-17-4-2-1-3-5-17/h1-10H,11-13H2,(H,22,26)(H,23,24,25). The summed E-state index contributed by atoms with van der Waals surface area (Å²) in [5.41, 5.74) is 1.43. The van der Waals surface area contributed by atoms with Gasteiger partial charge in [0.25, 0.3) is 5.56 Å². The number of rotatable bonds is 8. The van der Waals surface area contributed by atoms with E-state index in [0.29, 0.717) is 28.2 Å². The number of H-pyrrole nitrogens is 1. The lowest BCUT2D eigenvalue weighted by atomic mass is 10.2. The predicted molar refractivity (Wildman–Crippen MR) is 115 cm³/mol. The van der Waals surface area contributed by atoms with Crippen LogP contribution in [0.5, 0.6) is 0 Å². The molecule has 2 N–H and O–H groups in total.